The number of rotatable bonds is 2. The second kappa shape index (κ2) is 5.67. The van der Waals surface area contributed by atoms with E-state index in [0.29, 0.717) is 13.0 Å². The Hall–Kier alpha value is -0.830. The summed E-state index contributed by atoms with van der Waals surface area (Å²) in [7, 11) is 0. The minimum Gasteiger partial charge on any atom is -0.393 e. The molecule has 2 rings (SSSR count). The molecule has 2 unspecified atom stereocenters. The van der Waals surface area contributed by atoms with E-state index >= 15 is 0 Å². The zero-order chi connectivity index (χ0) is 12.3. The van der Waals surface area contributed by atoms with Crippen LogP contribution in [0.25, 0.3) is 0 Å². The molecule has 0 saturated carbocycles. The molecule has 0 aromatic carbocycles. The van der Waals surface area contributed by atoms with Crippen LogP contribution in [0, 0.1) is 5.92 Å². The normalized spacial score (nSPS) is 30.0. The van der Waals surface area contributed by atoms with Gasteiger partial charge >= 0.3 is 0 Å². The van der Waals surface area contributed by atoms with Crippen molar-refractivity contribution in [1.29, 1.82) is 0 Å². The zero-order valence-electron chi connectivity index (χ0n) is 10.7. The molecule has 1 fully saturated rings. The van der Waals surface area contributed by atoms with Crippen LogP contribution >= 0.6 is 0 Å². The molecule has 0 aromatic heterocycles. The quantitative estimate of drug-likeness (QED) is 0.747. The maximum absolute atomic E-state index is 12.1. The van der Waals surface area contributed by atoms with Gasteiger partial charge in [-0.05, 0) is 38.0 Å². The van der Waals surface area contributed by atoms with Crippen molar-refractivity contribution in [3.8, 4) is 0 Å². The van der Waals surface area contributed by atoms with Crippen molar-refractivity contribution in [1.82, 2.24) is 4.90 Å². The zero-order valence-corrected chi connectivity index (χ0v) is 10.7. The van der Waals surface area contributed by atoms with Crippen LogP contribution in [0.4, 0.5) is 0 Å². The van der Waals surface area contributed by atoms with Crippen LogP contribution in [0.1, 0.15) is 45.4 Å². The van der Waals surface area contributed by atoms with Gasteiger partial charge < -0.3 is 10.0 Å². The highest BCUT2D eigenvalue weighted by Crippen LogP contribution is 2.23. The smallest absolute Gasteiger partial charge is 0.226 e. The monoisotopic (exact) mass is 237 g/mol. The maximum atomic E-state index is 12.1. The highest BCUT2D eigenvalue weighted by Gasteiger charge is 2.27. The first-order valence-corrected chi connectivity index (χ1v) is 6.80. The number of hydrogen-bond acceptors (Lipinski definition) is 2. The largest absolute Gasteiger partial charge is 0.393 e. The van der Waals surface area contributed by atoms with Gasteiger partial charge in [0.2, 0.25) is 5.91 Å². The summed E-state index contributed by atoms with van der Waals surface area (Å²) in [4.78, 5) is 14.0. The fraction of sp³-hybridized carbons (Fsp3) is 0.786. The van der Waals surface area contributed by atoms with Crippen LogP contribution < -0.4 is 0 Å². The first-order valence-electron chi connectivity index (χ1n) is 6.80. The maximum Gasteiger partial charge on any atom is 0.226 e. The van der Waals surface area contributed by atoms with Crippen molar-refractivity contribution in [2.75, 3.05) is 13.1 Å². The molecule has 1 saturated heterocycles. The Morgan fingerprint density at radius 1 is 1.53 bits per heavy atom. The van der Waals surface area contributed by atoms with Gasteiger partial charge in [-0.1, -0.05) is 18.6 Å². The Labute approximate surface area is 103 Å². The van der Waals surface area contributed by atoms with Crippen molar-refractivity contribution < 1.29 is 9.90 Å². The van der Waals surface area contributed by atoms with Crippen molar-refractivity contribution in [3.05, 3.63) is 11.6 Å². The highest BCUT2D eigenvalue weighted by atomic mass is 16.3. The van der Waals surface area contributed by atoms with Gasteiger partial charge in [0.15, 0.2) is 0 Å². The first-order chi connectivity index (χ1) is 8.16. The SMILES string of the molecule is CC1CN(C(=O)CC2=CCCCC2)CCC1O. The molecular weight excluding hydrogens is 214 g/mol. The van der Waals surface area contributed by atoms with E-state index in [2.05, 4.69) is 6.08 Å². The van der Waals surface area contributed by atoms with E-state index in [0.717, 1.165) is 25.8 Å². The van der Waals surface area contributed by atoms with Crippen molar-refractivity contribution in [2.45, 2.75) is 51.6 Å². The predicted molar refractivity (Wildman–Crippen MR) is 67.5 cm³/mol. The van der Waals surface area contributed by atoms with Crippen molar-refractivity contribution in [2.24, 2.45) is 5.92 Å². The topological polar surface area (TPSA) is 40.5 Å². The molecule has 17 heavy (non-hydrogen) atoms. The highest BCUT2D eigenvalue weighted by molar-refractivity contribution is 5.78. The number of piperidine rings is 1. The number of likely N-dealkylation sites (tertiary alicyclic amines) is 1. The summed E-state index contributed by atoms with van der Waals surface area (Å²) >= 11 is 0. The molecule has 1 aliphatic heterocycles. The Balaban J connectivity index is 1.85. The Bertz CT molecular complexity index is 311. The van der Waals surface area contributed by atoms with Crippen LogP contribution in [0.3, 0.4) is 0 Å². The molecule has 0 radical (unpaired) electrons. The number of hydrogen-bond donors (Lipinski definition) is 1. The van der Waals surface area contributed by atoms with Gasteiger partial charge in [0.05, 0.1) is 6.10 Å². The summed E-state index contributed by atoms with van der Waals surface area (Å²) in [6, 6.07) is 0. The number of amides is 1. The van der Waals surface area contributed by atoms with Gasteiger partial charge in [-0.3, -0.25) is 4.79 Å². The lowest BCUT2D eigenvalue weighted by atomic mass is 9.94. The Morgan fingerprint density at radius 2 is 2.35 bits per heavy atom. The van der Waals surface area contributed by atoms with Gasteiger partial charge in [0.1, 0.15) is 0 Å². The lowest BCUT2D eigenvalue weighted by Gasteiger charge is -2.34. The second-order valence-electron chi connectivity index (χ2n) is 5.46. The molecule has 1 N–H and O–H groups in total. The average Bonchev–Trinajstić information content (AvgIpc) is 2.34. The number of carbonyl (C=O) groups excluding carboxylic acids is 1. The van der Waals surface area contributed by atoms with E-state index in [9.17, 15) is 9.90 Å². The second-order valence-corrected chi connectivity index (χ2v) is 5.46. The number of aliphatic hydroxyl groups is 1. The van der Waals surface area contributed by atoms with Crippen LogP contribution in [0.2, 0.25) is 0 Å². The lowest BCUT2D eigenvalue weighted by molar-refractivity contribution is -0.134. The minimum atomic E-state index is -0.229. The van der Waals surface area contributed by atoms with Gasteiger partial charge in [-0.2, -0.15) is 0 Å². The number of allylic oxidation sites excluding steroid dienone is 1. The van der Waals surface area contributed by atoms with Crippen molar-refractivity contribution >= 4 is 5.91 Å². The molecule has 1 heterocycles. The van der Waals surface area contributed by atoms with Gasteiger partial charge in [0, 0.05) is 19.5 Å². The van der Waals surface area contributed by atoms with Gasteiger partial charge in [0.25, 0.3) is 0 Å². The first kappa shape index (κ1) is 12.6. The number of carbonyl (C=O) groups is 1. The third kappa shape index (κ3) is 3.32. The summed E-state index contributed by atoms with van der Waals surface area (Å²) in [6.45, 7) is 3.45. The molecule has 3 nitrogen and oxygen atoms in total. The molecule has 0 spiro atoms. The van der Waals surface area contributed by atoms with Crippen LogP contribution in [-0.2, 0) is 4.79 Å². The average molecular weight is 237 g/mol. The molecule has 3 heteroatoms. The van der Waals surface area contributed by atoms with Gasteiger partial charge in [-0.15, -0.1) is 0 Å². The van der Waals surface area contributed by atoms with Crippen LogP contribution in [0.15, 0.2) is 11.6 Å². The van der Waals surface area contributed by atoms with Gasteiger partial charge in [-0.25, -0.2) is 0 Å². The van der Waals surface area contributed by atoms with E-state index in [1.165, 1.54) is 18.4 Å². The number of aliphatic hydroxyl groups excluding tert-OH is 1. The summed E-state index contributed by atoms with van der Waals surface area (Å²) in [5.74, 6) is 0.463. The molecule has 0 aromatic rings. The Kier molecular flexibility index (Phi) is 4.21. The standard InChI is InChI=1S/C14H23NO2/c1-11-10-15(8-7-13(11)16)14(17)9-12-5-3-2-4-6-12/h5,11,13,16H,2-4,6-10H2,1H3. The van der Waals surface area contributed by atoms with E-state index < -0.39 is 0 Å². The third-order valence-electron chi connectivity index (χ3n) is 3.98. The van der Waals surface area contributed by atoms with E-state index in [1.54, 1.807) is 0 Å². The van der Waals surface area contributed by atoms with E-state index in [1.807, 2.05) is 11.8 Å². The molecular formula is C14H23NO2. The molecule has 1 aliphatic carbocycles. The summed E-state index contributed by atoms with van der Waals surface area (Å²) in [6.07, 6.45) is 8.07. The number of nitrogens with zero attached hydrogens (tertiary/aromatic N) is 1. The minimum absolute atomic E-state index is 0.216. The predicted octanol–water partition coefficient (Wildman–Crippen LogP) is 2.11. The lowest BCUT2D eigenvalue weighted by Crippen LogP contribution is -2.45. The summed E-state index contributed by atoms with van der Waals surface area (Å²) in [5, 5.41) is 9.65. The van der Waals surface area contributed by atoms with E-state index in [4.69, 9.17) is 0 Å². The Morgan fingerprint density at radius 3 is 3.00 bits per heavy atom. The van der Waals surface area contributed by atoms with Crippen LogP contribution in [-0.4, -0.2) is 35.1 Å². The fourth-order valence-corrected chi connectivity index (χ4v) is 2.73. The molecule has 96 valence electrons. The summed E-state index contributed by atoms with van der Waals surface area (Å²) < 4.78 is 0. The molecule has 1 amide bonds. The molecule has 2 aliphatic rings. The summed E-state index contributed by atoms with van der Waals surface area (Å²) in [5.41, 5.74) is 1.32. The van der Waals surface area contributed by atoms with Crippen molar-refractivity contribution in [3.63, 3.8) is 0 Å². The third-order valence-corrected chi connectivity index (χ3v) is 3.98. The van der Waals surface area contributed by atoms with Crippen LogP contribution in [0.5, 0.6) is 0 Å². The fourth-order valence-electron chi connectivity index (χ4n) is 2.73. The van der Waals surface area contributed by atoms with E-state index in [-0.39, 0.29) is 17.9 Å². The molecule has 0 bridgehead atoms. The molecule has 2 atom stereocenters.